The maximum absolute atomic E-state index is 12.5. The van der Waals surface area contributed by atoms with E-state index in [1.54, 1.807) is 0 Å². The number of nitrogens with one attached hydrogen (secondary N) is 1. The molecule has 152 valence electrons. The van der Waals surface area contributed by atoms with Crippen LogP contribution in [0.2, 0.25) is 0 Å². The van der Waals surface area contributed by atoms with E-state index in [2.05, 4.69) is 60.5 Å². The van der Waals surface area contributed by atoms with Crippen LogP contribution in [0.5, 0.6) is 0 Å². The molecular weight excluding hydrogens is 348 g/mol. The van der Waals surface area contributed by atoms with Gasteiger partial charge in [-0.25, -0.2) is 0 Å². The Labute approximate surface area is 169 Å². The van der Waals surface area contributed by atoms with Gasteiger partial charge in [0.05, 0.1) is 6.54 Å². The Morgan fingerprint density at radius 2 is 2.04 bits per heavy atom. The molecule has 5 nitrogen and oxygen atoms in total. The predicted octanol–water partition coefficient (Wildman–Crippen LogP) is 3.53. The molecule has 28 heavy (non-hydrogen) atoms. The number of aliphatic imine (C=N–C) groups is 1. The highest BCUT2D eigenvalue weighted by molar-refractivity contribution is 5.82. The van der Waals surface area contributed by atoms with Gasteiger partial charge in [0.15, 0.2) is 5.96 Å². The minimum absolute atomic E-state index is 0.247. The number of hydrogen-bond donors (Lipinski definition) is 1. The summed E-state index contributed by atoms with van der Waals surface area (Å²) in [6, 6.07) is 11.0. The van der Waals surface area contributed by atoms with E-state index < -0.39 is 0 Å². The zero-order chi connectivity index (χ0) is 19.8. The van der Waals surface area contributed by atoms with Crippen molar-refractivity contribution in [1.82, 2.24) is 15.1 Å². The number of rotatable bonds is 5. The summed E-state index contributed by atoms with van der Waals surface area (Å²) in [7, 11) is 0. The lowest BCUT2D eigenvalue weighted by atomic mass is 10.00. The zero-order valence-corrected chi connectivity index (χ0v) is 17.4. The van der Waals surface area contributed by atoms with Gasteiger partial charge < -0.3 is 15.1 Å². The SMILES string of the molecule is CCNC(=NCCC(=O)N1CCCCC1C)N1CC=C(c2ccccc2)CC1. The number of amides is 1. The van der Waals surface area contributed by atoms with Gasteiger partial charge in [0.2, 0.25) is 5.91 Å². The van der Waals surface area contributed by atoms with E-state index in [9.17, 15) is 4.79 Å². The molecular formula is C23H34N4O. The van der Waals surface area contributed by atoms with Crippen molar-refractivity contribution in [2.24, 2.45) is 4.99 Å². The lowest BCUT2D eigenvalue weighted by Crippen LogP contribution is -2.44. The molecule has 1 unspecified atom stereocenters. The second-order valence-corrected chi connectivity index (χ2v) is 7.71. The zero-order valence-electron chi connectivity index (χ0n) is 17.4. The summed E-state index contributed by atoms with van der Waals surface area (Å²) in [4.78, 5) is 21.6. The second-order valence-electron chi connectivity index (χ2n) is 7.71. The largest absolute Gasteiger partial charge is 0.357 e. The highest BCUT2D eigenvalue weighted by Gasteiger charge is 2.22. The predicted molar refractivity (Wildman–Crippen MR) is 116 cm³/mol. The summed E-state index contributed by atoms with van der Waals surface area (Å²) in [5, 5.41) is 3.39. The van der Waals surface area contributed by atoms with E-state index >= 15 is 0 Å². The molecule has 1 N–H and O–H groups in total. The van der Waals surface area contributed by atoms with Gasteiger partial charge in [-0.3, -0.25) is 9.79 Å². The van der Waals surface area contributed by atoms with E-state index in [1.807, 2.05) is 4.90 Å². The number of benzene rings is 1. The summed E-state index contributed by atoms with van der Waals surface area (Å²) in [6.45, 7) is 8.34. The number of piperidine rings is 1. The maximum Gasteiger partial charge on any atom is 0.224 e. The van der Waals surface area contributed by atoms with Gasteiger partial charge >= 0.3 is 0 Å². The lowest BCUT2D eigenvalue weighted by Gasteiger charge is -2.33. The molecule has 3 rings (SSSR count). The Hall–Kier alpha value is -2.30. The van der Waals surface area contributed by atoms with Crippen LogP contribution in [0.1, 0.15) is 51.5 Å². The molecule has 1 atom stereocenters. The third-order valence-electron chi connectivity index (χ3n) is 5.70. The van der Waals surface area contributed by atoms with Crippen molar-refractivity contribution in [2.75, 3.05) is 32.7 Å². The first kappa shape index (κ1) is 20.4. The molecule has 0 aromatic heterocycles. The molecule has 0 bridgehead atoms. The smallest absolute Gasteiger partial charge is 0.224 e. The monoisotopic (exact) mass is 382 g/mol. The van der Waals surface area contributed by atoms with E-state index in [0.717, 1.165) is 51.4 Å². The summed E-state index contributed by atoms with van der Waals surface area (Å²) >= 11 is 0. The van der Waals surface area contributed by atoms with Gasteiger partial charge in [-0.05, 0) is 50.7 Å². The minimum Gasteiger partial charge on any atom is -0.357 e. The fraction of sp³-hybridized carbons (Fsp3) is 0.565. The highest BCUT2D eigenvalue weighted by atomic mass is 16.2. The number of hydrogen-bond acceptors (Lipinski definition) is 2. The van der Waals surface area contributed by atoms with Crippen LogP contribution in [0.4, 0.5) is 0 Å². The Morgan fingerprint density at radius 1 is 1.21 bits per heavy atom. The van der Waals surface area contributed by atoms with Gasteiger partial charge in [0.25, 0.3) is 0 Å². The van der Waals surface area contributed by atoms with Gasteiger partial charge in [-0.1, -0.05) is 36.4 Å². The summed E-state index contributed by atoms with van der Waals surface area (Å²) < 4.78 is 0. The molecule has 0 radical (unpaired) electrons. The Balaban J connectivity index is 1.56. The van der Waals surface area contributed by atoms with Crippen molar-refractivity contribution in [3.63, 3.8) is 0 Å². The van der Waals surface area contributed by atoms with Crippen LogP contribution in [0.3, 0.4) is 0 Å². The molecule has 2 aliphatic heterocycles. The average molecular weight is 383 g/mol. The highest BCUT2D eigenvalue weighted by Crippen LogP contribution is 2.22. The molecule has 0 aliphatic carbocycles. The van der Waals surface area contributed by atoms with E-state index in [4.69, 9.17) is 4.99 Å². The molecule has 5 heteroatoms. The summed E-state index contributed by atoms with van der Waals surface area (Å²) in [5.74, 6) is 1.17. The fourth-order valence-electron chi connectivity index (χ4n) is 4.07. The fourth-order valence-corrected chi connectivity index (χ4v) is 4.07. The number of carbonyl (C=O) groups is 1. The lowest BCUT2D eigenvalue weighted by molar-refractivity contribution is -0.134. The Bertz CT molecular complexity index is 698. The topological polar surface area (TPSA) is 47.9 Å². The van der Waals surface area contributed by atoms with E-state index in [1.165, 1.54) is 17.6 Å². The number of likely N-dealkylation sites (tertiary alicyclic amines) is 1. The van der Waals surface area contributed by atoms with Crippen LogP contribution >= 0.6 is 0 Å². The van der Waals surface area contributed by atoms with Crippen LogP contribution < -0.4 is 5.32 Å². The normalized spacial score (nSPS) is 20.7. The number of guanidine groups is 1. The van der Waals surface area contributed by atoms with Crippen LogP contribution in [0.15, 0.2) is 41.4 Å². The van der Waals surface area contributed by atoms with Crippen molar-refractivity contribution >= 4 is 17.4 Å². The van der Waals surface area contributed by atoms with Crippen LogP contribution in [0.25, 0.3) is 5.57 Å². The molecule has 2 heterocycles. The molecule has 1 aromatic rings. The second kappa shape index (κ2) is 10.3. The van der Waals surface area contributed by atoms with E-state index in [0.29, 0.717) is 19.0 Å². The Kier molecular flexibility index (Phi) is 7.52. The third kappa shape index (κ3) is 5.37. The van der Waals surface area contributed by atoms with E-state index in [-0.39, 0.29) is 5.91 Å². The standard InChI is InChI=1S/C23H34N4O/c1-3-24-23(25-15-12-22(28)27-16-8-7-9-19(27)2)26-17-13-21(14-18-26)20-10-5-4-6-11-20/h4-6,10-11,13,19H,3,7-9,12,14-18H2,1-2H3,(H,24,25). The first-order valence-electron chi connectivity index (χ1n) is 10.8. The van der Waals surface area contributed by atoms with Crippen molar-refractivity contribution in [2.45, 2.75) is 52.0 Å². The quantitative estimate of drug-likeness (QED) is 0.626. The van der Waals surface area contributed by atoms with Gasteiger partial charge in [0, 0.05) is 38.6 Å². The van der Waals surface area contributed by atoms with Gasteiger partial charge in [-0.15, -0.1) is 0 Å². The number of nitrogens with zero attached hydrogens (tertiary/aromatic N) is 3. The molecule has 1 saturated heterocycles. The van der Waals surface area contributed by atoms with Gasteiger partial charge in [0.1, 0.15) is 0 Å². The van der Waals surface area contributed by atoms with Crippen LogP contribution in [-0.2, 0) is 4.79 Å². The molecule has 2 aliphatic rings. The van der Waals surface area contributed by atoms with Crippen molar-refractivity contribution in [3.05, 3.63) is 42.0 Å². The first-order chi connectivity index (χ1) is 13.7. The van der Waals surface area contributed by atoms with Gasteiger partial charge in [-0.2, -0.15) is 0 Å². The van der Waals surface area contributed by atoms with Crippen LogP contribution in [-0.4, -0.2) is 60.4 Å². The van der Waals surface area contributed by atoms with Crippen molar-refractivity contribution in [3.8, 4) is 0 Å². The molecule has 0 saturated carbocycles. The average Bonchev–Trinajstić information content (AvgIpc) is 2.74. The first-order valence-corrected chi connectivity index (χ1v) is 10.8. The maximum atomic E-state index is 12.5. The van der Waals surface area contributed by atoms with Crippen molar-refractivity contribution < 1.29 is 4.79 Å². The van der Waals surface area contributed by atoms with Crippen molar-refractivity contribution in [1.29, 1.82) is 0 Å². The summed E-state index contributed by atoms with van der Waals surface area (Å²) in [5.41, 5.74) is 2.72. The molecule has 1 aromatic carbocycles. The molecule has 1 fully saturated rings. The molecule has 1 amide bonds. The Morgan fingerprint density at radius 3 is 2.71 bits per heavy atom. The number of carbonyl (C=O) groups excluding carboxylic acids is 1. The third-order valence-corrected chi connectivity index (χ3v) is 5.70. The summed E-state index contributed by atoms with van der Waals surface area (Å²) in [6.07, 6.45) is 7.30. The molecule has 0 spiro atoms. The van der Waals surface area contributed by atoms with Crippen LogP contribution in [0, 0.1) is 0 Å². The minimum atomic E-state index is 0.247.